The van der Waals surface area contributed by atoms with Gasteiger partial charge in [0.1, 0.15) is 17.3 Å². The molecule has 2 aromatic heterocycles. The van der Waals surface area contributed by atoms with Gasteiger partial charge >= 0.3 is 0 Å². The molecule has 0 radical (unpaired) electrons. The number of carbonyl (C=O) groups is 1. The number of nitriles is 1. The summed E-state index contributed by atoms with van der Waals surface area (Å²) in [7, 11) is 0. The van der Waals surface area contributed by atoms with Crippen LogP contribution in [0.4, 0.5) is 0 Å². The molecule has 2 heterocycles. The van der Waals surface area contributed by atoms with E-state index < -0.39 is 17.0 Å². The number of H-pyrrole nitrogens is 1. The Morgan fingerprint density at radius 2 is 1.79 bits per heavy atom. The van der Waals surface area contributed by atoms with E-state index in [1.165, 1.54) is 0 Å². The topological polar surface area (TPSA) is 121 Å². The number of hydrogen-bond donors (Lipinski definition) is 2. The molecule has 7 nitrogen and oxygen atoms in total. The van der Waals surface area contributed by atoms with Crippen LogP contribution in [0.15, 0.2) is 58.1 Å². The van der Waals surface area contributed by atoms with Crippen molar-refractivity contribution in [2.24, 2.45) is 5.73 Å². The average molecular weight is 391 g/mol. The fourth-order valence-electron chi connectivity index (χ4n) is 3.31. The Morgan fingerprint density at radius 1 is 1.11 bits per heavy atom. The van der Waals surface area contributed by atoms with E-state index in [0.717, 1.165) is 4.40 Å². The monoisotopic (exact) mass is 390 g/mol. The molecule has 1 amide bonds. The number of nitrogens with two attached hydrogens (primary N) is 1. The van der Waals surface area contributed by atoms with Crippen molar-refractivity contribution in [3.05, 3.63) is 85.4 Å². The zero-order valence-electron chi connectivity index (χ0n) is 14.2. The summed E-state index contributed by atoms with van der Waals surface area (Å²) < 4.78 is 1.13. The lowest BCUT2D eigenvalue weighted by Crippen LogP contribution is -2.28. The van der Waals surface area contributed by atoms with Crippen LogP contribution in [0.1, 0.15) is 15.9 Å². The number of halogens is 1. The van der Waals surface area contributed by atoms with E-state index in [1.54, 1.807) is 48.5 Å². The molecule has 28 heavy (non-hydrogen) atoms. The summed E-state index contributed by atoms with van der Waals surface area (Å²) in [6, 6.07) is 14.5. The lowest BCUT2D eigenvalue weighted by Gasteiger charge is -2.15. The third-order valence-corrected chi connectivity index (χ3v) is 4.74. The molecular formula is C20H11ClN4O3. The third-order valence-electron chi connectivity index (χ3n) is 4.49. The SMILES string of the molecule is N#Cc1c(-c2ccc(Cl)cc2)c(C(N)=O)c2[nH]c(=O)c3ccccc3n2c1=O. The summed E-state index contributed by atoms with van der Waals surface area (Å²) in [5.74, 6) is -0.884. The number of aromatic amines is 1. The molecule has 2 aromatic carbocycles. The summed E-state index contributed by atoms with van der Waals surface area (Å²) in [6.45, 7) is 0. The van der Waals surface area contributed by atoms with Crippen LogP contribution in [0.2, 0.25) is 5.02 Å². The minimum absolute atomic E-state index is 0.0580. The van der Waals surface area contributed by atoms with Gasteiger partial charge in [0.25, 0.3) is 17.0 Å². The van der Waals surface area contributed by atoms with Crippen molar-refractivity contribution in [3.8, 4) is 17.2 Å². The normalized spacial score (nSPS) is 10.9. The highest BCUT2D eigenvalue weighted by molar-refractivity contribution is 6.30. The second kappa shape index (κ2) is 6.37. The minimum atomic E-state index is -0.884. The van der Waals surface area contributed by atoms with E-state index in [-0.39, 0.29) is 33.2 Å². The first-order valence-corrected chi connectivity index (χ1v) is 8.51. The molecule has 0 saturated heterocycles. The number of primary amides is 1. The summed E-state index contributed by atoms with van der Waals surface area (Å²) >= 11 is 5.92. The molecule has 0 saturated carbocycles. The number of carbonyl (C=O) groups excluding carboxylic acids is 1. The highest BCUT2D eigenvalue weighted by Crippen LogP contribution is 2.29. The van der Waals surface area contributed by atoms with E-state index in [2.05, 4.69) is 4.98 Å². The van der Waals surface area contributed by atoms with Gasteiger partial charge in [-0.15, -0.1) is 0 Å². The Morgan fingerprint density at radius 3 is 2.43 bits per heavy atom. The minimum Gasteiger partial charge on any atom is -0.365 e. The average Bonchev–Trinajstić information content (AvgIpc) is 2.68. The van der Waals surface area contributed by atoms with Gasteiger partial charge in [-0.2, -0.15) is 5.26 Å². The van der Waals surface area contributed by atoms with Crippen LogP contribution in [0.25, 0.3) is 27.7 Å². The Hall–Kier alpha value is -3.89. The maximum absolute atomic E-state index is 13.2. The molecule has 136 valence electrons. The number of amides is 1. The van der Waals surface area contributed by atoms with E-state index in [0.29, 0.717) is 10.6 Å². The second-order valence-corrected chi connectivity index (χ2v) is 6.50. The summed E-state index contributed by atoms with van der Waals surface area (Å²) in [5, 5.41) is 10.4. The predicted molar refractivity (Wildman–Crippen MR) is 105 cm³/mol. The molecule has 3 N–H and O–H groups in total. The number of nitrogens with one attached hydrogen (secondary N) is 1. The van der Waals surface area contributed by atoms with Gasteiger partial charge in [-0.05, 0) is 29.8 Å². The number of rotatable bonds is 2. The molecule has 0 bridgehead atoms. The lowest BCUT2D eigenvalue weighted by molar-refractivity contribution is 0.100. The zero-order valence-corrected chi connectivity index (χ0v) is 14.9. The number of benzene rings is 2. The predicted octanol–water partition coefficient (Wildman–Crippen LogP) is 2.43. The summed E-state index contributed by atoms with van der Waals surface area (Å²) in [6.07, 6.45) is 0. The largest absolute Gasteiger partial charge is 0.365 e. The first-order valence-electron chi connectivity index (χ1n) is 8.13. The molecule has 0 atom stereocenters. The van der Waals surface area contributed by atoms with Crippen molar-refractivity contribution in [3.63, 3.8) is 0 Å². The van der Waals surface area contributed by atoms with Gasteiger partial charge in [0.05, 0.1) is 16.5 Å². The molecule has 0 aliphatic rings. The standard InChI is InChI=1S/C20H11ClN4O3/c21-11-7-5-10(6-8-11)15-13(9-22)20(28)25-14-4-2-1-3-12(14)19(27)24-18(25)16(15)17(23)26/h1-8H,(H2,23,26)(H,24,27). The smallest absolute Gasteiger partial charge is 0.275 e. The molecular weight excluding hydrogens is 380 g/mol. The van der Waals surface area contributed by atoms with E-state index in [9.17, 15) is 19.6 Å². The van der Waals surface area contributed by atoms with Crippen LogP contribution < -0.4 is 16.9 Å². The molecule has 8 heteroatoms. The molecule has 0 aliphatic carbocycles. The van der Waals surface area contributed by atoms with Crippen molar-refractivity contribution in [1.82, 2.24) is 9.38 Å². The van der Waals surface area contributed by atoms with E-state index in [1.807, 2.05) is 6.07 Å². The van der Waals surface area contributed by atoms with Gasteiger partial charge in [0.2, 0.25) is 0 Å². The molecule has 0 unspecified atom stereocenters. The van der Waals surface area contributed by atoms with E-state index in [4.69, 9.17) is 17.3 Å². The van der Waals surface area contributed by atoms with Gasteiger partial charge in [0, 0.05) is 10.6 Å². The summed E-state index contributed by atoms with van der Waals surface area (Å²) in [5.41, 5.74) is 4.74. The number of nitrogens with zero attached hydrogens (tertiary/aromatic N) is 2. The van der Waals surface area contributed by atoms with E-state index >= 15 is 0 Å². The number of fused-ring (bicyclic) bond motifs is 3. The first-order chi connectivity index (χ1) is 13.4. The number of pyridine rings is 1. The molecule has 4 rings (SSSR count). The van der Waals surface area contributed by atoms with Gasteiger partial charge in [-0.25, -0.2) is 0 Å². The molecule has 0 fully saturated rings. The number of para-hydroxylation sites is 1. The Bertz CT molecular complexity index is 1440. The van der Waals surface area contributed by atoms with Crippen LogP contribution >= 0.6 is 11.6 Å². The van der Waals surface area contributed by atoms with Crippen LogP contribution in [-0.4, -0.2) is 15.3 Å². The van der Waals surface area contributed by atoms with Crippen molar-refractivity contribution in [1.29, 1.82) is 5.26 Å². The van der Waals surface area contributed by atoms with Crippen molar-refractivity contribution in [2.75, 3.05) is 0 Å². The van der Waals surface area contributed by atoms with Gasteiger partial charge in [-0.1, -0.05) is 35.9 Å². The maximum Gasteiger partial charge on any atom is 0.275 e. The Kier molecular flexibility index (Phi) is 3.99. The molecule has 4 aromatic rings. The van der Waals surface area contributed by atoms with Gasteiger partial charge in [0.15, 0.2) is 0 Å². The number of hydrogen-bond acceptors (Lipinski definition) is 4. The van der Waals surface area contributed by atoms with Crippen LogP contribution in [0.3, 0.4) is 0 Å². The van der Waals surface area contributed by atoms with Gasteiger partial charge in [-0.3, -0.25) is 18.8 Å². The fraction of sp³-hybridized carbons (Fsp3) is 0. The van der Waals surface area contributed by atoms with Crippen LogP contribution in [-0.2, 0) is 0 Å². The maximum atomic E-state index is 13.2. The van der Waals surface area contributed by atoms with Crippen LogP contribution in [0, 0.1) is 11.3 Å². The van der Waals surface area contributed by atoms with Gasteiger partial charge < -0.3 is 10.7 Å². The quantitative estimate of drug-likeness (QED) is 0.510. The first kappa shape index (κ1) is 17.5. The highest BCUT2D eigenvalue weighted by atomic mass is 35.5. The summed E-state index contributed by atoms with van der Waals surface area (Å²) in [4.78, 5) is 40.6. The van der Waals surface area contributed by atoms with Crippen molar-refractivity contribution < 1.29 is 4.79 Å². The fourth-order valence-corrected chi connectivity index (χ4v) is 3.43. The zero-order chi connectivity index (χ0) is 20.0. The van der Waals surface area contributed by atoms with Crippen molar-refractivity contribution >= 4 is 34.1 Å². The lowest BCUT2D eigenvalue weighted by atomic mass is 9.95. The highest BCUT2D eigenvalue weighted by Gasteiger charge is 2.24. The number of aromatic nitrogens is 2. The molecule has 0 spiro atoms. The third kappa shape index (κ3) is 2.47. The van der Waals surface area contributed by atoms with Crippen LogP contribution in [0.5, 0.6) is 0 Å². The Balaban J connectivity index is 2.34. The molecule has 0 aliphatic heterocycles. The second-order valence-electron chi connectivity index (χ2n) is 6.07. The van der Waals surface area contributed by atoms with Crippen molar-refractivity contribution in [2.45, 2.75) is 0 Å². The Labute approximate surface area is 162 Å².